The Labute approximate surface area is 91.3 Å². The van der Waals surface area contributed by atoms with Crippen LogP contribution in [0.15, 0.2) is 12.4 Å². The van der Waals surface area contributed by atoms with Crippen LogP contribution in [0.25, 0.3) is 0 Å². The molecule has 1 heterocycles. The first-order chi connectivity index (χ1) is 7.12. The molecule has 3 nitrogen and oxygen atoms in total. The number of hydrogen-bond acceptors (Lipinski definition) is 3. The highest BCUT2D eigenvalue weighted by Crippen LogP contribution is 2.26. The minimum Gasteiger partial charge on any atom is -0.351 e. The summed E-state index contributed by atoms with van der Waals surface area (Å²) in [5, 5.41) is 3.29. The molecule has 1 fully saturated rings. The summed E-state index contributed by atoms with van der Waals surface area (Å²) < 4.78 is 0. The van der Waals surface area contributed by atoms with Gasteiger partial charge < -0.3 is 5.32 Å². The fraction of sp³-hybridized carbons (Fsp3) is 0.667. The van der Waals surface area contributed by atoms with E-state index in [0.717, 1.165) is 12.4 Å². The summed E-state index contributed by atoms with van der Waals surface area (Å²) in [5.41, 5.74) is 1.39. The van der Waals surface area contributed by atoms with Crippen molar-refractivity contribution in [2.75, 3.05) is 5.32 Å². The van der Waals surface area contributed by atoms with Crippen LogP contribution >= 0.6 is 0 Å². The molecule has 15 heavy (non-hydrogen) atoms. The normalized spacial score (nSPS) is 16.5. The Bertz CT molecular complexity index is 325. The number of nitrogens with one attached hydrogen (secondary N) is 1. The first kappa shape index (κ1) is 10.4. The van der Waals surface area contributed by atoms with Crippen LogP contribution in [0.2, 0.25) is 0 Å². The number of nitrogens with zero attached hydrogens (tertiary/aromatic N) is 2. The number of anilines is 1. The Morgan fingerprint density at radius 3 is 2.40 bits per heavy atom. The third-order valence-electron chi connectivity index (χ3n) is 3.23. The summed E-state index contributed by atoms with van der Waals surface area (Å²) >= 11 is 0. The minimum atomic E-state index is 0.179. The van der Waals surface area contributed by atoms with Crippen molar-refractivity contribution in [3.05, 3.63) is 18.0 Å². The van der Waals surface area contributed by atoms with Gasteiger partial charge >= 0.3 is 0 Å². The highest BCUT2D eigenvalue weighted by Gasteiger charge is 2.23. The van der Waals surface area contributed by atoms with Crippen molar-refractivity contribution in [3.63, 3.8) is 0 Å². The van der Waals surface area contributed by atoms with Gasteiger partial charge in [0, 0.05) is 18.4 Å². The summed E-state index contributed by atoms with van der Waals surface area (Å²) in [6.45, 7) is 6.63. The summed E-state index contributed by atoms with van der Waals surface area (Å²) in [6, 6.07) is 0.620. The molecule has 2 rings (SSSR count). The van der Waals surface area contributed by atoms with Gasteiger partial charge in [-0.3, -0.25) is 0 Å². The molecule has 0 aromatic carbocycles. The van der Waals surface area contributed by atoms with Gasteiger partial charge in [0.15, 0.2) is 0 Å². The van der Waals surface area contributed by atoms with Gasteiger partial charge in [0.05, 0.1) is 0 Å². The molecule has 1 aromatic rings. The number of aromatic nitrogens is 2. The van der Waals surface area contributed by atoms with Crippen LogP contribution in [0.1, 0.15) is 45.6 Å². The zero-order valence-electron chi connectivity index (χ0n) is 9.75. The standard InChI is InChI=1S/C12H19N3/c1-4-12(2,3)9-7-13-11(14-8-9)15-10-5-6-10/h7-8,10H,4-6H2,1-3H3,(H,13,14,15). The van der Waals surface area contributed by atoms with E-state index in [4.69, 9.17) is 0 Å². The van der Waals surface area contributed by atoms with E-state index in [-0.39, 0.29) is 5.41 Å². The van der Waals surface area contributed by atoms with Gasteiger partial charge in [-0.2, -0.15) is 0 Å². The van der Waals surface area contributed by atoms with Gasteiger partial charge in [-0.1, -0.05) is 20.8 Å². The lowest BCUT2D eigenvalue weighted by atomic mass is 9.84. The van der Waals surface area contributed by atoms with Crippen molar-refractivity contribution < 1.29 is 0 Å². The molecule has 0 aliphatic heterocycles. The summed E-state index contributed by atoms with van der Waals surface area (Å²) in [5.74, 6) is 0.771. The quantitative estimate of drug-likeness (QED) is 0.821. The first-order valence-corrected chi connectivity index (χ1v) is 5.71. The van der Waals surface area contributed by atoms with E-state index in [1.165, 1.54) is 18.4 Å². The van der Waals surface area contributed by atoms with E-state index < -0.39 is 0 Å². The zero-order chi connectivity index (χ0) is 10.9. The molecule has 0 amide bonds. The van der Waals surface area contributed by atoms with E-state index in [1.807, 2.05) is 12.4 Å². The van der Waals surface area contributed by atoms with Crippen molar-refractivity contribution >= 4 is 5.95 Å². The van der Waals surface area contributed by atoms with Gasteiger partial charge in [-0.05, 0) is 30.2 Å². The van der Waals surface area contributed by atoms with Gasteiger partial charge in [-0.15, -0.1) is 0 Å². The average Bonchev–Trinajstić information content (AvgIpc) is 3.03. The second-order valence-corrected chi connectivity index (χ2v) is 4.95. The zero-order valence-corrected chi connectivity index (χ0v) is 9.75. The molecule has 0 saturated heterocycles. The molecule has 0 bridgehead atoms. The predicted octanol–water partition coefficient (Wildman–Crippen LogP) is 2.74. The maximum absolute atomic E-state index is 4.35. The van der Waals surface area contributed by atoms with Gasteiger partial charge in [0.2, 0.25) is 5.95 Å². The lowest BCUT2D eigenvalue weighted by Gasteiger charge is -2.22. The van der Waals surface area contributed by atoms with Gasteiger partial charge in [-0.25, -0.2) is 9.97 Å². The SMILES string of the molecule is CCC(C)(C)c1cnc(NC2CC2)nc1. The van der Waals surface area contributed by atoms with Crippen LogP contribution in [-0.2, 0) is 5.41 Å². The van der Waals surface area contributed by atoms with Crippen LogP contribution in [-0.4, -0.2) is 16.0 Å². The molecule has 1 aliphatic carbocycles. The highest BCUT2D eigenvalue weighted by atomic mass is 15.1. The fourth-order valence-corrected chi connectivity index (χ4v) is 1.37. The van der Waals surface area contributed by atoms with Crippen molar-refractivity contribution in [1.29, 1.82) is 0 Å². The smallest absolute Gasteiger partial charge is 0.222 e. The van der Waals surface area contributed by atoms with E-state index in [1.54, 1.807) is 0 Å². The van der Waals surface area contributed by atoms with Crippen LogP contribution in [0.5, 0.6) is 0 Å². The molecular formula is C12H19N3. The number of hydrogen-bond donors (Lipinski definition) is 1. The van der Waals surface area contributed by atoms with Crippen molar-refractivity contribution in [1.82, 2.24) is 9.97 Å². The van der Waals surface area contributed by atoms with E-state index in [9.17, 15) is 0 Å². The van der Waals surface area contributed by atoms with Crippen molar-refractivity contribution in [2.45, 2.75) is 51.5 Å². The molecule has 0 unspecified atom stereocenters. The van der Waals surface area contributed by atoms with Gasteiger partial charge in [0.1, 0.15) is 0 Å². The maximum Gasteiger partial charge on any atom is 0.222 e. The Morgan fingerprint density at radius 2 is 1.93 bits per heavy atom. The Kier molecular flexibility index (Phi) is 2.63. The van der Waals surface area contributed by atoms with Crippen LogP contribution in [0.4, 0.5) is 5.95 Å². The largest absolute Gasteiger partial charge is 0.351 e. The molecule has 3 heteroatoms. The second kappa shape index (κ2) is 3.80. The summed E-state index contributed by atoms with van der Waals surface area (Å²) in [7, 11) is 0. The van der Waals surface area contributed by atoms with Crippen LogP contribution < -0.4 is 5.32 Å². The van der Waals surface area contributed by atoms with Gasteiger partial charge in [0.25, 0.3) is 0 Å². The third-order valence-corrected chi connectivity index (χ3v) is 3.23. The maximum atomic E-state index is 4.35. The Morgan fingerprint density at radius 1 is 1.33 bits per heavy atom. The molecule has 1 N–H and O–H groups in total. The molecular weight excluding hydrogens is 186 g/mol. The first-order valence-electron chi connectivity index (χ1n) is 5.71. The van der Waals surface area contributed by atoms with E-state index in [0.29, 0.717) is 6.04 Å². The molecule has 0 radical (unpaired) electrons. The fourth-order valence-electron chi connectivity index (χ4n) is 1.37. The minimum absolute atomic E-state index is 0.179. The molecule has 82 valence electrons. The van der Waals surface area contributed by atoms with Crippen molar-refractivity contribution in [3.8, 4) is 0 Å². The van der Waals surface area contributed by atoms with Crippen LogP contribution in [0, 0.1) is 0 Å². The highest BCUT2D eigenvalue weighted by molar-refractivity contribution is 5.30. The topological polar surface area (TPSA) is 37.8 Å². The molecule has 1 aromatic heterocycles. The van der Waals surface area contributed by atoms with Crippen molar-refractivity contribution in [2.24, 2.45) is 0 Å². The third kappa shape index (κ3) is 2.46. The lowest BCUT2D eigenvalue weighted by Crippen LogP contribution is -2.17. The summed E-state index contributed by atoms with van der Waals surface area (Å²) in [6.07, 6.45) is 7.51. The predicted molar refractivity (Wildman–Crippen MR) is 62.0 cm³/mol. The monoisotopic (exact) mass is 205 g/mol. The molecule has 0 spiro atoms. The van der Waals surface area contributed by atoms with E-state index >= 15 is 0 Å². The summed E-state index contributed by atoms with van der Waals surface area (Å²) in [4.78, 5) is 8.70. The molecule has 1 saturated carbocycles. The van der Waals surface area contributed by atoms with E-state index in [2.05, 4.69) is 36.1 Å². The second-order valence-electron chi connectivity index (χ2n) is 4.95. The molecule has 1 aliphatic rings. The number of rotatable bonds is 4. The average molecular weight is 205 g/mol. The lowest BCUT2D eigenvalue weighted by molar-refractivity contribution is 0.502. The Hall–Kier alpha value is -1.12. The Balaban J connectivity index is 2.08. The molecule has 0 atom stereocenters. The van der Waals surface area contributed by atoms with Crippen LogP contribution in [0.3, 0.4) is 0 Å².